The fourth-order valence-electron chi connectivity index (χ4n) is 3.77. The smallest absolute Gasteiger partial charge is 0.273 e. The lowest BCUT2D eigenvalue weighted by atomic mass is 9.95. The molecule has 28 heavy (non-hydrogen) atoms. The van der Waals surface area contributed by atoms with Crippen LogP contribution in [0.3, 0.4) is 0 Å². The average Bonchev–Trinajstić information content (AvgIpc) is 3.28. The van der Waals surface area contributed by atoms with Crippen molar-refractivity contribution in [2.45, 2.75) is 52.1 Å². The number of carbonyl (C=O) groups is 1. The summed E-state index contributed by atoms with van der Waals surface area (Å²) in [6.45, 7) is 8.58. The third kappa shape index (κ3) is 4.84. The zero-order valence-electron chi connectivity index (χ0n) is 16.3. The van der Waals surface area contributed by atoms with E-state index in [4.69, 9.17) is 0 Å². The largest absolute Gasteiger partial charge is 0.337 e. The summed E-state index contributed by atoms with van der Waals surface area (Å²) in [6, 6.07) is 0. The van der Waals surface area contributed by atoms with Crippen molar-refractivity contribution in [1.82, 2.24) is 30.0 Å². The van der Waals surface area contributed by atoms with E-state index in [0.717, 1.165) is 68.6 Å². The number of rotatable bonds is 4. The maximum atomic E-state index is 12.8. The van der Waals surface area contributed by atoms with E-state index in [1.165, 1.54) is 0 Å². The molecule has 0 bridgehead atoms. The maximum Gasteiger partial charge on any atom is 0.273 e. The summed E-state index contributed by atoms with van der Waals surface area (Å²) in [6.07, 6.45) is 2.83. The predicted octanol–water partition coefficient (Wildman–Crippen LogP) is 2.90. The number of piperidine rings is 1. The number of nitrogens with zero attached hydrogens (tertiary/aromatic N) is 5. The van der Waals surface area contributed by atoms with Gasteiger partial charge in [-0.3, -0.25) is 4.79 Å². The number of thiazole rings is 1. The Morgan fingerprint density at radius 2 is 2.00 bits per heavy atom. The van der Waals surface area contributed by atoms with Crippen LogP contribution < -0.4 is 5.32 Å². The molecular formula is C18H28Cl2N6OS. The molecule has 1 fully saturated rings. The van der Waals surface area contributed by atoms with E-state index in [-0.39, 0.29) is 30.7 Å². The number of likely N-dealkylation sites (tertiary alicyclic amines) is 1. The molecule has 10 heteroatoms. The standard InChI is InChI=1S/C18H26N6OS.2ClH/c1-12(2)9-16-20-14(11-26-16)18(25)23-6-3-13(4-7-23)17-22-21-15-10-19-5-8-24(15)17;;/h11-13,19H,3-10H2,1-2H3;2*1H. The van der Waals surface area contributed by atoms with Crippen molar-refractivity contribution in [3.05, 3.63) is 27.7 Å². The fraction of sp³-hybridized carbons (Fsp3) is 0.667. The lowest BCUT2D eigenvalue weighted by Crippen LogP contribution is -2.39. The lowest BCUT2D eigenvalue weighted by molar-refractivity contribution is 0.0704. The molecule has 2 aromatic rings. The first-order valence-electron chi connectivity index (χ1n) is 9.48. The highest BCUT2D eigenvalue weighted by Crippen LogP contribution is 2.28. The predicted molar refractivity (Wildman–Crippen MR) is 115 cm³/mol. The molecule has 2 aromatic heterocycles. The second-order valence-electron chi connectivity index (χ2n) is 7.59. The minimum atomic E-state index is 0. The number of hydrogen-bond acceptors (Lipinski definition) is 6. The molecule has 0 unspecified atom stereocenters. The number of aromatic nitrogens is 4. The molecule has 0 aliphatic carbocycles. The molecule has 1 amide bonds. The van der Waals surface area contributed by atoms with Crippen molar-refractivity contribution < 1.29 is 4.79 Å². The minimum absolute atomic E-state index is 0. The van der Waals surface area contributed by atoms with Gasteiger partial charge in [0.2, 0.25) is 0 Å². The summed E-state index contributed by atoms with van der Waals surface area (Å²) < 4.78 is 2.26. The van der Waals surface area contributed by atoms with Gasteiger partial charge >= 0.3 is 0 Å². The molecule has 0 aromatic carbocycles. The van der Waals surface area contributed by atoms with E-state index in [0.29, 0.717) is 17.5 Å². The molecule has 7 nitrogen and oxygen atoms in total. The summed E-state index contributed by atoms with van der Waals surface area (Å²) in [7, 11) is 0. The van der Waals surface area contributed by atoms with Gasteiger partial charge in [-0.15, -0.1) is 46.3 Å². The first-order valence-corrected chi connectivity index (χ1v) is 10.4. The Bertz CT molecular complexity index is 785. The van der Waals surface area contributed by atoms with Crippen LogP contribution in [0.25, 0.3) is 0 Å². The molecule has 1 N–H and O–H groups in total. The van der Waals surface area contributed by atoms with Gasteiger partial charge in [0.05, 0.1) is 11.6 Å². The van der Waals surface area contributed by atoms with Gasteiger partial charge in [0, 0.05) is 43.9 Å². The average molecular weight is 447 g/mol. The second kappa shape index (κ2) is 10.0. The molecule has 0 radical (unpaired) electrons. The van der Waals surface area contributed by atoms with E-state index in [9.17, 15) is 4.79 Å². The van der Waals surface area contributed by atoms with E-state index >= 15 is 0 Å². The van der Waals surface area contributed by atoms with E-state index in [2.05, 4.69) is 38.9 Å². The number of halogens is 2. The SMILES string of the molecule is CC(C)Cc1nc(C(=O)N2CCC(c3nnc4n3CCNC4)CC2)cs1.Cl.Cl. The van der Waals surface area contributed by atoms with Crippen molar-refractivity contribution in [2.24, 2.45) is 5.92 Å². The van der Waals surface area contributed by atoms with Crippen LogP contribution in [0, 0.1) is 5.92 Å². The lowest BCUT2D eigenvalue weighted by Gasteiger charge is -2.31. The second-order valence-corrected chi connectivity index (χ2v) is 8.54. The minimum Gasteiger partial charge on any atom is -0.337 e. The highest BCUT2D eigenvalue weighted by Gasteiger charge is 2.29. The molecule has 0 spiro atoms. The molecular weight excluding hydrogens is 419 g/mol. The zero-order valence-corrected chi connectivity index (χ0v) is 18.7. The molecule has 156 valence electrons. The van der Waals surface area contributed by atoms with Crippen LogP contribution in [0.5, 0.6) is 0 Å². The van der Waals surface area contributed by atoms with Crippen molar-refractivity contribution in [3.8, 4) is 0 Å². The van der Waals surface area contributed by atoms with E-state index in [1.54, 1.807) is 11.3 Å². The van der Waals surface area contributed by atoms with Crippen molar-refractivity contribution in [3.63, 3.8) is 0 Å². The number of carbonyl (C=O) groups excluding carboxylic acids is 1. The van der Waals surface area contributed by atoms with Gasteiger partial charge in [0.15, 0.2) is 0 Å². The van der Waals surface area contributed by atoms with Crippen LogP contribution in [-0.4, -0.2) is 50.2 Å². The molecule has 2 aliphatic heterocycles. The van der Waals surface area contributed by atoms with Gasteiger partial charge in [0.1, 0.15) is 17.3 Å². The number of fused-ring (bicyclic) bond motifs is 1. The van der Waals surface area contributed by atoms with Gasteiger partial charge in [-0.2, -0.15) is 0 Å². The molecule has 0 atom stereocenters. The van der Waals surface area contributed by atoms with Crippen LogP contribution in [-0.2, 0) is 19.5 Å². The van der Waals surface area contributed by atoms with E-state index in [1.807, 2.05) is 10.3 Å². The summed E-state index contributed by atoms with van der Waals surface area (Å²) in [5.74, 6) is 3.16. The third-order valence-corrected chi connectivity index (χ3v) is 6.02. The van der Waals surface area contributed by atoms with Crippen LogP contribution in [0.2, 0.25) is 0 Å². The molecule has 2 aliphatic rings. The van der Waals surface area contributed by atoms with Gasteiger partial charge in [-0.1, -0.05) is 13.8 Å². The molecule has 4 heterocycles. The first kappa shape index (κ1) is 23.1. The van der Waals surface area contributed by atoms with Gasteiger partial charge in [-0.25, -0.2) is 4.98 Å². The number of hydrogen-bond donors (Lipinski definition) is 1. The summed E-state index contributed by atoms with van der Waals surface area (Å²) in [5, 5.41) is 15.1. The van der Waals surface area contributed by atoms with Gasteiger partial charge < -0.3 is 14.8 Å². The Morgan fingerprint density at radius 1 is 1.25 bits per heavy atom. The van der Waals surface area contributed by atoms with Gasteiger partial charge in [-0.05, 0) is 18.8 Å². The quantitative estimate of drug-likeness (QED) is 0.780. The van der Waals surface area contributed by atoms with Crippen molar-refractivity contribution in [1.29, 1.82) is 0 Å². The van der Waals surface area contributed by atoms with Crippen molar-refractivity contribution >= 4 is 42.1 Å². The molecule has 0 saturated carbocycles. The monoisotopic (exact) mass is 446 g/mol. The fourth-order valence-corrected chi connectivity index (χ4v) is 4.75. The highest BCUT2D eigenvalue weighted by molar-refractivity contribution is 7.09. The Morgan fingerprint density at radius 3 is 2.71 bits per heavy atom. The van der Waals surface area contributed by atoms with Crippen LogP contribution >= 0.6 is 36.2 Å². The maximum absolute atomic E-state index is 12.8. The topological polar surface area (TPSA) is 75.9 Å². The number of amides is 1. The van der Waals surface area contributed by atoms with E-state index < -0.39 is 0 Å². The van der Waals surface area contributed by atoms with Crippen molar-refractivity contribution in [2.75, 3.05) is 19.6 Å². The Labute approximate surface area is 182 Å². The summed E-state index contributed by atoms with van der Waals surface area (Å²) >= 11 is 1.60. The summed E-state index contributed by atoms with van der Waals surface area (Å²) in [5.41, 5.74) is 0.607. The van der Waals surface area contributed by atoms with Gasteiger partial charge in [0.25, 0.3) is 5.91 Å². The Balaban J connectivity index is 0.00000140. The van der Waals surface area contributed by atoms with Crippen LogP contribution in [0.4, 0.5) is 0 Å². The highest BCUT2D eigenvalue weighted by atomic mass is 35.5. The molecule has 1 saturated heterocycles. The first-order chi connectivity index (χ1) is 12.6. The zero-order chi connectivity index (χ0) is 18.1. The Hall–Kier alpha value is -1.22. The summed E-state index contributed by atoms with van der Waals surface area (Å²) in [4.78, 5) is 19.2. The molecule has 4 rings (SSSR count). The van der Waals surface area contributed by atoms with Crippen LogP contribution in [0.1, 0.15) is 59.8 Å². The third-order valence-electron chi connectivity index (χ3n) is 5.15. The van der Waals surface area contributed by atoms with Crippen LogP contribution in [0.15, 0.2) is 5.38 Å². The number of nitrogens with one attached hydrogen (secondary N) is 1. The Kier molecular flexibility index (Phi) is 8.24. The normalized spacial score (nSPS) is 17.0.